The van der Waals surface area contributed by atoms with Crippen LogP contribution in [0.2, 0.25) is 0 Å². The number of benzene rings is 1. The van der Waals surface area contributed by atoms with Gasteiger partial charge in [-0.1, -0.05) is 22.4 Å². The highest BCUT2D eigenvalue weighted by atomic mass is 79.9. The van der Waals surface area contributed by atoms with Crippen LogP contribution in [0.1, 0.15) is 31.2 Å². The van der Waals surface area contributed by atoms with Gasteiger partial charge in [0.15, 0.2) is 0 Å². The van der Waals surface area contributed by atoms with Crippen molar-refractivity contribution >= 4 is 21.7 Å². The molecule has 1 fully saturated rings. The first kappa shape index (κ1) is 13.7. The minimum atomic E-state index is -0.312. The molecule has 1 saturated carbocycles. The molecule has 18 heavy (non-hydrogen) atoms. The van der Waals surface area contributed by atoms with Gasteiger partial charge in [0.05, 0.1) is 0 Å². The summed E-state index contributed by atoms with van der Waals surface area (Å²) in [6, 6.07) is 4.76. The summed E-state index contributed by atoms with van der Waals surface area (Å²) >= 11 is 3.24. The summed E-state index contributed by atoms with van der Waals surface area (Å²) < 4.78 is 13.9. The smallest absolute Gasteiger partial charge is 0.140 e. The van der Waals surface area contributed by atoms with Crippen molar-refractivity contribution in [1.29, 1.82) is 0 Å². The lowest BCUT2D eigenvalue weighted by Gasteiger charge is -2.25. The molecular weight excluding hydrogens is 297 g/mol. The normalized spacial score (nSPS) is 23.9. The van der Waals surface area contributed by atoms with Gasteiger partial charge in [0.1, 0.15) is 11.6 Å². The van der Waals surface area contributed by atoms with Crippen LogP contribution in [0.15, 0.2) is 22.7 Å². The molecule has 1 aliphatic carbocycles. The number of ketones is 1. The molecule has 0 aromatic heterocycles. The molecule has 1 aliphatic rings. The van der Waals surface area contributed by atoms with E-state index in [1.165, 1.54) is 12.1 Å². The average molecular weight is 314 g/mol. The number of carbonyl (C=O) groups is 1. The molecule has 0 amide bonds. The third kappa shape index (κ3) is 3.62. The number of hydrogen-bond donors (Lipinski definition) is 1. The predicted octanol–water partition coefficient (Wildman–Crippen LogP) is 3.22. The third-order valence-electron chi connectivity index (χ3n) is 3.47. The van der Waals surface area contributed by atoms with Crippen LogP contribution in [-0.2, 0) is 11.2 Å². The fourth-order valence-corrected chi connectivity index (χ4v) is 3.09. The molecule has 0 bridgehead atoms. The molecule has 2 rings (SSSR count). The standard InChI is InChI=1S/C14H17BrFNO/c15-11-4-9(5-12(16)8-11)6-14(18)10-2-1-3-13(17)7-10/h4-5,8,10,13H,1-3,6-7,17H2. The monoisotopic (exact) mass is 313 g/mol. The van der Waals surface area contributed by atoms with Gasteiger partial charge in [-0.2, -0.15) is 0 Å². The molecule has 2 N–H and O–H groups in total. The number of rotatable bonds is 3. The Morgan fingerprint density at radius 1 is 1.39 bits per heavy atom. The van der Waals surface area contributed by atoms with E-state index in [4.69, 9.17) is 5.73 Å². The van der Waals surface area contributed by atoms with Gasteiger partial charge in [-0.25, -0.2) is 4.39 Å². The van der Waals surface area contributed by atoms with Gasteiger partial charge in [0, 0.05) is 22.9 Å². The number of Topliss-reactive ketones (excluding diaryl/α,β-unsaturated/α-hetero) is 1. The van der Waals surface area contributed by atoms with Crippen LogP contribution < -0.4 is 5.73 Å². The molecule has 0 heterocycles. The Bertz CT molecular complexity index is 429. The summed E-state index contributed by atoms with van der Waals surface area (Å²) in [5.74, 6) is -0.0778. The second-order valence-corrected chi connectivity index (χ2v) is 5.96. The summed E-state index contributed by atoms with van der Waals surface area (Å²) in [6.07, 6.45) is 4.02. The van der Waals surface area contributed by atoms with E-state index in [-0.39, 0.29) is 23.6 Å². The fourth-order valence-electron chi connectivity index (χ4n) is 2.58. The summed E-state index contributed by atoms with van der Waals surface area (Å²) in [4.78, 5) is 12.1. The average Bonchev–Trinajstić information content (AvgIpc) is 2.27. The van der Waals surface area contributed by atoms with Gasteiger partial charge in [-0.3, -0.25) is 4.79 Å². The highest BCUT2D eigenvalue weighted by Crippen LogP contribution is 2.25. The maximum Gasteiger partial charge on any atom is 0.140 e. The van der Waals surface area contributed by atoms with Crippen molar-refractivity contribution in [2.24, 2.45) is 11.7 Å². The molecule has 1 aromatic carbocycles. The van der Waals surface area contributed by atoms with E-state index in [1.54, 1.807) is 6.07 Å². The van der Waals surface area contributed by atoms with Crippen LogP contribution in [0.25, 0.3) is 0 Å². The third-order valence-corrected chi connectivity index (χ3v) is 3.93. The Morgan fingerprint density at radius 3 is 2.83 bits per heavy atom. The van der Waals surface area contributed by atoms with E-state index in [0.29, 0.717) is 10.9 Å². The predicted molar refractivity (Wildman–Crippen MR) is 72.7 cm³/mol. The van der Waals surface area contributed by atoms with E-state index in [2.05, 4.69) is 15.9 Å². The molecule has 0 saturated heterocycles. The van der Waals surface area contributed by atoms with Gasteiger partial charge in [-0.15, -0.1) is 0 Å². The molecule has 1 aromatic rings. The van der Waals surface area contributed by atoms with Gasteiger partial charge < -0.3 is 5.73 Å². The second-order valence-electron chi connectivity index (χ2n) is 5.04. The maximum absolute atomic E-state index is 13.2. The highest BCUT2D eigenvalue weighted by Gasteiger charge is 2.25. The summed E-state index contributed by atoms with van der Waals surface area (Å²) in [6.45, 7) is 0. The van der Waals surface area contributed by atoms with Crippen molar-refractivity contribution in [3.63, 3.8) is 0 Å². The van der Waals surface area contributed by atoms with E-state index in [0.717, 1.165) is 31.2 Å². The Balaban J connectivity index is 2.02. The molecule has 2 unspecified atom stereocenters. The lowest BCUT2D eigenvalue weighted by Crippen LogP contribution is -2.32. The molecule has 0 spiro atoms. The SMILES string of the molecule is NC1CCCC(C(=O)Cc2cc(F)cc(Br)c2)C1. The quantitative estimate of drug-likeness (QED) is 0.931. The summed E-state index contributed by atoms with van der Waals surface area (Å²) in [5.41, 5.74) is 6.61. The molecule has 2 nitrogen and oxygen atoms in total. The summed E-state index contributed by atoms with van der Waals surface area (Å²) in [5, 5.41) is 0. The Labute approximate surface area is 115 Å². The second kappa shape index (κ2) is 5.93. The first-order chi connectivity index (χ1) is 8.54. The van der Waals surface area contributed by atoms with Crippen molar-refractivity contribution in [1.82, 2.24) is 0 Å². The van der Waals surface area contributed by atoms with E-state index >= 15 is 0 Å². The number of carbonyl (C=O) groups excluding carboxylic acids is 1. The first-order valence-electron chi connectivity index (χ1n) is 6.28. The molecule has 0 aliphatic heterocycles. The molecular formula is C14H17BrFNO. The van der Waals surface area contributed by atoms with E-state index in [9.17, 15) is 9.18 Å². The van der Waals surface area contributed by atoms with Crippen LogP contribution in [0.5, 0.6) is 0 Å². The van der Waals surface area contributed by atoms with Gasteiger partial charge in [0.25, 0.3) is 0 Å². The largest absolute Gasteiger partial charge is 0.328 e. The minimum Gasteiger partial charge on any atom is -0.328 e. The zero-order valence-electron chi connectivity index (χ0n) is 10.2. The van der Waals surface area contributed by atoms with Crippen molar-refractivity contribution < 1.29 is 9.18 Å². The molecule has 0 radical (unpaired) electrons. The van der Waals surface area contributed by atoms with Crippen molar-refractivity contribution in [2.45, 2.75) is 38.1 Å². The lowest BCUT2D eigenvalue weighted by atomic mass is 9.82. The number of halogens is 2. The maximum atomic E-state index is 13.2. The van der Waals surface area contributed by atoms with E-state index in [1.807, 2.05) is 0 Å². The topological polar surface area (TPSA) is 43.1 Å². The van der Waals surface area contributed by atoms with Crippen LogP contribution in [0.3, 0.4) is 0 Å². The van der Waals surface area contributed by atoms with Crippen molar-refractivity contribution in [2.75, 3.05) is 0 Å². The number of hydrogen-bond acceptors (Lipinski definition) is 2. The fraction of sp³-hybridized carbons (Fsp3) is 0.500. The van der Waals surface area contributed by atoms with Crippen LogP contribution >= 0.6 is 15.9 Å². The minimum absolute atomic E-state index is 0.0517. The van der Waals surface area contributed by atoms with Crippen LogP contribution in [0, 0.1) is 11.7 Å². The van der Waals surface area contributed by atoms with Gasteiger partial charge in [-0.05, 0) is 43.0 Å². The lowest BCUT2D eigenvalue weighted by molar-refractivity contribution is -0.123. The molecule has 4 heteroatoms. The number of nitrogens with two attached hydrogens (primary N) is 1. The zero-order chi connectivity index (χ0) is 13.1. The van der Waals surface area contributed by atoms with Gasteiger partial charge in [0.2, 0.25) is 0 Å². The zero-order valence-corrected chi connectivity index (χ0v) is 11.7. The molecule has 2 atom stereocenters. The Kier molecular flexibility index (Phi) is 4.51. The van der Waals surface area contributed by atoms with Gasteiger partial charge >= 0.3 is 0 Å². The Hall–Kier alpha value is -0.740. The highest BCUT2D eigenvalue weighted by molar-refractivity contribution is 9.10. The summed E-state index contributed by atoms with van der Waals surface area (Å²) in [7, 11) is 0. The van der Waals surface area contributed by atoms with Crippen molar-refractivity contribution in [3.8, 4) is 0 Å². The first-order valence-corrected chi connectivity index (χ1v) is 7.07. The Morgan fingerprint density at radius 2 is 2.17 bits per heavy atom. The van der Waals surface area contributed by atoms with Crippen LogP contribution in [0.4, 0.5) is 4.39 Å². The van der Waals surface area contributed by atoms with E-state index < -0.39 is 0 Å². The van der Waals surface area contributed by atoms with Crippen LogP contribution in [-0.4, -0.2) is 11.8 Å². The molecule has 98 valence electrons. The van der Waals surface area contributed by atoms with Crippen molar-refractivity contribution in [3.05, 3.63) is 34.1 Å².